The molecule has 86 valence electrons. The molecule has 1 N–H and O–H groups in total. The molecule has 0 saturated carbocycles. The second kappa shape index (κ2) is 4.44. The third-order valence-corrected chi connectivity index (χ3v) is 2.59. The molecule has 6 heteroatoms. The van der Waals surface area contributed by atoms with Crippen molar-refractivity contribution in [2.75, 3.05) is 13.2 Å². The van der Waals surface area contributed by atoms with Crippen molar-refractivity contribution in [2.24, 2.45) is 5.92 Å². The zero-order chi connectivity index (χ0) is 11.5. The molecular formula is C10H12N2O4. The summed E-state index contributed by atoms with van der Waals surface area (Å²) in [4.78, 5) is 34.0. The van der Waals surface area contributed by atoms with Crippen molar-refractivity contribution in [3.63, 3.8) is 0 Å². The number of hydrogen-bond acceptors (Lipinski definition) is 4. The Bertz CT molecular complexity index is 496. The highest BCUT2D eigenvalue weighted by Gasteiger charge is 2.23. The summed E-state index contributed by atoms with van der Waals surface area (Å²) in [6, 6.07) is 2.29. The number of ketones is 1. The third kappa shape index (κ3) is 2.27. The first-order valence-corrected chi connectivity index (χ1v) is 5.07. The van der Waals surface area contributed by atoms with E-state index in [0.29, 0.717) is 19.6 Å². The van der Waals surface area contributed by atoms with Crippen LogP contribution in [-0.2, 0) is 16.1 Å². The van der Waals surface area contributed by atoms with Crippen LogP contribution in [0, 0.1) is 5.92 Å². The van der Waals surface area contributed by atoms with Crippen LogP contribution in [0.5, 0.6) is 0 Å². The van der Waals surface area contributed by atoms with Gasteiger partial charge in [0.25, 0.3) is 11.1 Å². The summed E-state index contributed by atoms with van der Waals surface area (Å²) in [5.41, 5.74) is -0.776. The summed E-state index contributed by atoms with van der Waals surface area (Å²) in [7, 11) is 0. The van der Waals surface area contributed by atoms with Crippen LogP contribution in [0.3, 0.4) is 0 Å². The van der Waals surface area contributed by atoms with Crippen molar-refractivity contribution in [2.45, 2.75) is 13.0 Å². The monoisotopic (exact) mass is 224 g/mol. The Labute approximate surface area is 90.8 Å². The highest BCUT2D eigenvalue weighted by Crippen LogP contribution is 2.13. The van der Waals surface area contributed by atoms with Crippen molar-refractivity contribution in [1.29, 1.82) is 0 Å². The molecule has 1 aliphatic rings. The quantitative estimate of drug-likeness (QED) is 0.724. The van der Waals surface area contributed by atoms with Crippen LogP contribution in [0.1, 0.15) is 6.42 Å². The summed E-state index contributed by atoms with van der Waals surface area (Å²) in [6.07, 6.45) is 0.685. The molecule has 0 amide bonds. The highest BCUT2D eigenvalue weighted by molar-refractivity contribution is 5.81. The van der Waals surface area contributed by atoms with Crippen molar-refractivity contribution in [3.8, 4) is 0 Å². The summed E-state index contributed by atoms with van der Waals surface area (Å²) in [5.74, 6) is -0.239. The number of carbonyl (C=O) groups excluding carboxylic acids is 1. The summed E-state index contributed by atoms with van der Waals surface area (Å²) < 4.78 is 6.12. The molecule has 0 radical (unpaired) electrons. The minimum absolute atomic E-state index is 0.0820. The Morgan fingerprint density at radius 3 is 3.00 bits per heavy atom. The molecule has 1 unspecified atom stereocenters. The molecule has 2 rings (SSSR count). The van der Waals surface area contributed by atoms with Gasteiger partial charge in [-0.15, -0.1) is 0 Å². The van der Waals surface area contributed by atoms with E-state index in [2.05, 4.69) is 5.10 Å². The maximum atomic E-state index is 11.7. The molecule has 0 bridgehead atoms. The second-order valence-electron chi connectivity index (χ2n) is 3.76. The number of ether oxygens (including phenoxy) is 1. The highest BCUT2D eigenvalue weighted by atomic mass is 16.5. The van der Waals surface area contributed by atoms with Crippen molar-refractivity contribution in [1.82, 2.24) is 9.78 Å². The fourth-order valence-corrected chi connectivity index (χ4v) is 1.65. The van der Waals surface area contributed by atoms with Crippen LogP contribution < -0.4 is 11.1 Å². The predicted molar refractivity (Wildman–Crippen MR) is 55.3 cm³/mol. The van der Waals surface area contributed by atoms with E-state index in [0.717, 1.165) is 16.8 Å². The Balaban J connectivity index is 2.14. The molecule has 1 aromatic rings. The van der Waals surface area contributed by atoms with Gasteiger partial charge < -0.3 is 4.74 Å². The molecule has 0 aliphatic carbocycles. The lowest BCUT2D eigenvalue weighted by molar-refractivity contribution is -0.123. The van der Waals surface area contributed by atoms with Crippen molar-refractivity contribution < 1.29 is 9.53 Å². The average molecular weight is 224 g/mol. The lowest BCUT2D eigenvalue weighted by Gasteiger charge is -2.07. The number of aromatic amines is 1. The first-order chi connectivity index (χ1) is 7.66. The predicted octanol–water partition coefficient (Wildman–Crippen LogP) is -0.858. The van der Waals surface area contributed by atoms with E-state index >= 15 is 0 Å². The van der Waals surface area contributed by atoms with E-state index in [1.807, 2.05) is 0 Å². The maximum absolute atomic E-state index is 11.7. The number of aromatic nitrogens is 2. The standard InChI is InChI=1S/C10H12N2O4/c13-8(7-3-4-16-6-7)5-12-10(15)2-1-9(14)11-12/h1-2,7H,3-6H2,(H,11,14). The third-order valence-electron chi connectivity index (χ3n) is 2.59. The van der Waals surface area contributed by atoms with Gasteiger partial charge in [0.2, 0.25) is 0 Å². The van der Waals surface area contributed by atoms with Gasteiger partial charge in [-0.25, -0.2) is 4.68 Å². The molecule has 1 aliphatic heterocycles. The van der Waals surface area contributed by atoms with Gasteiger partial charge in [-0.2, -0.15) is 0 Å². The summed E-state index contributed by atoms with van der Waals surface area (Å²) in [6.45, 7) is 0.893. The number of nitrogens with one attached hydrogen (secondary N) is 1. The van der Waals surface area contributed by atoms with E-state index < -0.39 is 5.56 Å². The Morgan fingerprint density at radius 2 is 2.31 bits per heavy atom. The fourth-order valence-electron chi connectivity index (χ4n) is 1.65. The molecule has 1 saturated heterocycles. The Morgan fingerprint density at radius 1 is 1.50 bits per heavy atom. The van der Waals surface area contributed by atoms with Crippen molar-refractivity contribution >= 4 is 5.78 Å². The van der Waals surface area contributed by atoms with Crippen LogP contribution in [-0.4, -0.2) is 28.8 Å². The van der Waals surface area contributed by atoms with Crippen LogP contribution in [0.2, 0.25) is 0 Å². The average Bonchev–Trinajstić information content (AvgIpc) is 2.76. The van der Waals surface area contributed by atoms with Gasteiger partial charge in [0, 0.05) is 24.7 Å². The lowest BCUT2D eigenvalue weighted by Crippen LogP contribution is -2.33. The summed E-state index contributed by atoms with van der Waals surface area (Å²) in [5, 5.41) is 2.32. The molecule has 16 heavy (non-hydrogen) atoms. The number of carbonyl (C=O) groups is 1. The second-order valence-corrected chi connectivity index (χ2v) is 3.76. The maximum Gasteiger partial charge on any atom is 0.265 e. The van der Waals surface area contributed by atoms with E-state index in [-0.39, 0.29) is 23.8 Å². The zero-order valence-corrected chi connectivity index (χ0v) is 8.64. The molecule has 2 heterocycles. The van der Waals surface area contributed by atoms with Gasteiger partial charge >= 0.3 is 0 Å². The minimum atomic E-state index is -0.393. The van der Waals surface area contributed by atoms with E-state index in [1.54, 1.807) is 0 Å². The van der Waals surface area contributed by atoms with E-state index in [4.69, 9.17) is 4.74 Å². The minimum Gasteiger partial charge on any atom is -0.381 e. The van der Waals surface area contributed by atoms with Gasteiger partial charge in [-0.3, -0.25) is 19.5 Å². The Kier molecular flexibility index (Phi) is 3.00. The van der Waals surface area contributed by atoms with E-state index in [9.17, 15) is 14.4 Å². The van der Waals surface area contributed by atoms with Crippen LogP contribution in [0.15, 0.2) is 21.7 Å². The number of H-pyrrole nitrogens is 1. The first-order valence-electron chi connectivity index (χ1n) is 5.07. The van der Waals surface area contributed by atoms with Crippen LogP contribution in [0.25, 0.3) is 0 Å². The van der Waals surface area contributed by atoms with Crippen molar-refractivity contribution in [3.05, 3.63) is 32.8 Å². The van der Waals surface area contributed by atoms with Gasteiger partial charge in [-0.1, -0.05) is 0 Å². The largest absolute Gasteiger partial charge is 0.381 e. The SMILES string of the molecule is O=C(Cn1[nH]c(=O)ccc1=O)C1CCOC1. The number of nitrogens with zero attached hydrogens (tertiary/aromatic N) is 1. The van der Waals surface area contributed by atoms with Gasteiger partial charge in [0.15, 0.2) is 5.78 Å². The number of Topliss-reactive ketones (excluding diaryl/α,β-unsaturated/α-hetero) is 1. The zero-order valence-electron chi connectivity index (χ0n) is 8.64. The molecule has 0 aromatic carbocycles. The molecule has 1 fully saturated rings. The molecule has 6 nitrogen and oxygen atoms in total. The van der Waals surface area contributed by atoms with E-state index in [1.165, 1.54) is 0 Å². The van der Waals surface area contributed by atoms with Crippen LogP contribution in [0.4, 0.5) is 0 Å². The smallest absolute Gasteiger partial charge is 0.265 e. The molecule has 1 aromatic heterocycles. The fraction of sp³-hybridized carbons (Fsp3) is 0.500. The topological polar surface area (TPSA) is 81.2 Å². The number of rotatable bonds is 3. The van der Waals surface area contributed by atoms with Crippen LogP contribution >= 0.6 is 0 Å². The van der Waals surface area contributed by atoms with Gasteiger partial charge in [0.05, 0.1) is 6.61 Å². The van der Waals surface area contributed by atoms with Gasteiger partial charge in [0.1, 0.15) is 6.54 Å². The lowest BCUT2D eigenvalue weighted by atomic mass is 10.0. The number of hydrogen-bond donors (Lipinski definition) is 1. The molecule has 1 atom stereocenters. The van der Waals surface area contributed by atoms with Gasteiger partial charge in [-0.05, 0) is 6.42 Å². The first kappa shape index (κ1) is 10.8. The normalized spacial score (nSPS) is 19.9. The molecule has 0 spiro atoms. The molecular weight excluding hydrogens is 212 g/mol. The summed E-state index contributed by atoms with van der Waals surface area (Å²) >= 11 is 0. The Hall–Kier alpha value is -1.69.